The molecular formula is C14H22N2O2S. The average molecular weight is 282 g/mol. The molecule has 19 heavy (non-hydrogen) atoms. The van der Waals surface area contributed by atoms with E-state index in [1.54, 1.807) is 0 Å². The van der Waals surface area contributed by atoms with Crippen molar-refractivity contribution in [3.05, 3.63) is 42.0 Å². The lowest BCUT2D eigenvalue weighted by Gasteiger charge is -2.13. The maximum Gasteiger partial charge on any atom is 0.208 e. The maximum atomic E-state index is 10.9. The van der Waals surface area contributed by atoms with Crippen LogP contribution in [0.4, 0.5) is 0 Å². The Morgan fingerprint density at radius 2 is 1.95 bits per heavy atom. The minimum absolute atomic E-state index is 0.492. The summed E-state index contributed by atoms with van der Waals surface area (Å²) in [5, 5.41) is 0. The highest BCUT2D eigenvalue weighted by atomic mass is 32.2. The number of hydrogen-bond acceptors (Lipinski definition) is 3. The second-order valence-corrected chi connectivity index (χ2v) is 6.43. The predicted octanol–water partition coefficient (Wildman–Crippen LogP) is 1.57. The van der Waals surface area contributed by atoms with Gasteiger partial charge < -0.3 is 4.90 Å². The van der Waals surface area contributed by atoms with Crippen LogP contribution in [0.3, 0.4) is 0 Å². The van der Waals surface area contributed by atoms with Crippen molar-refractivity contribution in [3.8, 4) is 0 Å². The minimum atomic E-state index is -3.06. The normalized spacial score (nSPS) is 12.4. The quantitative estimate of drug-likeness (QED) is 0.736. The molecule has 0 amide bonds. The van der Waals surface area contributed by atoms with Gasteiger partial charge in [-0.15, -0.1) is 0 Å². The molecule has 0 saturated heterocycles. The van der Waals surface area contributed by atoms with Gasteiger partial charge in [-0.1, -0.05) is 42.5 Å². The molecule has 0 aliphatic rings. The SMILES string of the molecule is CN(C/C=C/c1ccccc1)CCCNS(C)(=O)=O. The summed E-state index contributed by atoms with van der Waals surface area (Å²) in [6, 6.07) is 10.2. The first-order valence-electron chi connectivity index (χ1n) is 6.32. The van der Waals surface area contributed by atoms with Crippen LogP contribution >= 0.6 is 0 Å². The van der Waals surface area contributed by atoms with Crippen LogP contribution in [0.25, 0.3) is 6.08 Å². The molecular weight excluding hydrogens is 260 g/mol. The number of nitrogens with zero attached hydrogens (tertiary/aromatic N) is 1. The Morgan fingerprint density at radius 1 is 1.26 bits per heavy atom. The number of rotatable bonds is 8. The van der Waals surface area contributed by atoms with E-state index in [4.69, 9.17) is 0 Å². The van der Waals surface area contributed by atoms with E-state index in [-0.39, 0.29) is 0 Å². The van der Waals surface area contributed by atoms with Gasteiger partial charge in [0.25, 0.3) is 0 Å². The second-order valence-electron chi connectivity index (χ2n) is 4.60. The van der Waals surface area contributed by atoms with Crippen molar-refractivity contribution in [1.29, 1.82) is 0 Å². The highest BCUT2D eigenvalue weighted by molar-refractivity contribution is 7.88. The topological polar surface area (TPSA) is 49.4 Å². The number of nitrogens with one attached hydrogen (secondary N) is 1. The summed E-state index contributed by atoms with van der Waals surface area (Å²) in [4.78, 5) is 2.16. The Morgan fingerprint density at radius 3 is 2.58 bits per heavy atom. The van der Waals surface area contributed by atoms with Gasteiger partial charge in [-0.2, -0.15) is 0 Å². The van der Waals surface area contributed by atoms with E-state index in [1.165, 1.54) is 11.8 Å². The van der Waals surface area contributed by atoms with E-state index >= 15 is 0 Å². The molecule has 0 aliphatic heterocycles. The molecule has 0 aliphatic carbocycles. The van der Waals surface area contributed by atoms with E-state index in [0.29, 0.717) is 6.54 Å². The molecule has 0 atom stereocenters. The summed E-state index contributed by atoms with van der Waals surface area (Å²) in [6.07, 6.45) is 6.19. The molecule has 0 fully saturated rings. The summed E-state index contributed by atoms with van der Waals surface area (Å²) in [7, 11) is -1.03. The summed E-state index contributed by atoms with van der Waals surface area (Å²) in [6.45, 7) is 2.21. The second kappa shape index (κ2) is 8.09. The van der Waals surface area contributed by atoms with E-state index in [9.17, 15) is 8.42 Å². The molecule has 4 nitrogen and oxygen atoms in total. The van der Waals surface area contributed by atoms with Crippen molar-refractivity contribution >= 4 is 16.1 Å². The third kappa shape index (κ3) is 8.53. The lowest BCUT2D eigenvalue weighted by Crippen LogP contribution is -2.27. The molecule has 0 unspecified atom stereocenters. The molecule has 0 radical (unpaired) electrons. The van der Waals surface area contributed by atoms with Crippen LogP contribution in [-0.4, -0.2) is 46.3 Å². The van der Waals surface area contributed by atoms with E-state index in [1.807, 2.05) is 25.2 Å². The van der Waals surface area contributed by atoms with Crippen LogP contribution in [0.15, 0.2) is 36.4 Å². The van der Waals surface area contributed by atoms with E-state index in [2.05, 4.69) is 33.9 Å². The number of hydrogen-bond donors (Lipinski definition) is 1. The van der Waals surface area contributed by atoms with E-state index in [0.717, 1.165) is 19.5 Å². The highest BCUT2D eigenvalue weighted by Gasteiger charge is 2.00. The molecule has 1 N–H and O–H groups in total. The average Bonchev–Trinajstić information content (AvgIpc) is 2.35. The van der Waals surface area contributed by atoms with Crippen molar-refractivity contribution in [3.63, 3.8) is 0 Å². The predicted molar refractivity (Wildman–Crippen MR) is 80.4 cm³/mol. The van der Waals surface area contributed by atoms with Crippen LogP contribution in [0, 0.1) is 0 Å². The molecule has 0 aromatic heterocycles. The van der Waals surface area contributed by atoms with Crippen LogP contribution in [0.2, 0.25) is 0 Å². The Hall–Kier alpha value is -1.17. The first kappa shape index (κ1) is 15.9. The van der Waals surface area contributed by atoms with Gasteiger partial charge in [-0.25, -0.2) is 13.1 Å². The van der Waals surface area contributed by atoms with E-state index < -0.39 is 10.0 Å². The van der Waals surface area contributed by atoms with Crippen molar-refractivity contribution in [2.75, 3.05) is 32.9 Å². The molecule has 1 aromatic carbocycles. The van der Waals surface area contributed by atoms with Gasteiger partial charge in [0, 0.05) is 13.1 Å². The van der Waals surface area contributed by atoms with Gasteiger partial charge in [0.15, 0.2) is 0 Å². The number of benzene rings is 1. The van der Waals surface area contributed by atoms with Gasteiger partial charge in [-0.05, 0) is 25.6 Å². The van der Waals surface area contributed by atoms with Gasteiger partial charge in [0.1, 0.15) is 0 Å². The molecule has 0 heterocycles. The Labute approximate surface area is 116 Å². The maximum absolute atomic E-state index is 10.9. The standard InChI is InChI=1S/C14H22N2O2S/c1-16(13-7-11-15-19(2,17)18)12-6-10-14-8-4-3-5-9-14/h3-6,8-10,15H,7,11-13H2,1-2H3/b10-6+. The summed E-state index contributed by atoms with van der Waals surface area (Å²) in [5.74, 6) is 0. The number of sulfonamides is 1. The lowest BCUT2D eigenvalue weighted by molar-refractivity contribution is 0.364. The highest BCUT2D eigenvalue weighted by Crippen LogP contribution is 2.01. The Kier molecular flexibility index (Phi) is 6.77. The molecule has 1 rings (SSSR count). The van der Waals surface area contributed by atoms with Crippen LogP contribution in [0.5, 0.6) is 0 Å². The monoisotopic (exact) mass is 282 g/mol. The molecule has 0 spiro atoms. The van der Waals surface area contributed by atoms with Gasteiger partial charge in [0.2, 0.25) is 10.0 Å². The fraction of sp³-hybridized carbons (Fsp3) is 0.429. The largest absolute Gasteiger partial charge is 0.303 e. The molecule has 1 aromatic rings. The number of likely N-dealkylation sites (N-methyl/N-ethyl adjacent to an activating group) is 1. The lowest BCUT2D eigenvalue weighted by atomic mass is 10.2. The van der Waals surface area contributed by atoms with Crippen LogP contribution in [-0.2, 0) is 10.0 Å². The first-order valence-corrected chi connectivity index (χ1v) is 8.21. The smallest absolute Gasteiger partial charge is 0.208 e. The van der Waals surface area contributed by atoms with Crippen LogP contribution in [0.1, 0.15) is 12.0 Å². The molecule has 106 valence electrons. The first-order chi connectivity index (χ1) is 8.97. The van der Waals surface area contributed by atoms with Crippen molar-refractivity contribution in [2.24, 2.45) is 0 Å². The molecule has 0 bridgehead atoms. The zero-order chi connectivity index (χ0) is 14.1. The summed E-state index contributed by atoms with van der Waals surface area (Å²) >= 11 is 0. The van der Waals surface area contributed by atoms with Crippen molar-refractivity contribution in [2.45, 2.75) is 6.42 Å². The zero-order valence-corrected chi connectivity index (χ0v) is 12.4. The fourth-order valence-electron chi connectivity index (χ4n) is 1.63. The third-order valence-corrected chi connectivity index (χ3v) is 3.34. The third-order valence-electron chi connectivity index (χ3n) is 2.61. The fourth-order valence-corrected chi connectivity index (χ4v) is 2.15. The van der Waals surface area contributed by atoms with Gasteiger partial charge >= 0.3 is 0 Å². The Bertz CT molecular complexity index is 483. The molecule has 0 saturated carbocycles. The molecule has 5 heteroatoms. The Balaban J connectivity index is 2.18. The van der Waals surface area contributed by atoms with Crippen molar-refractivity contribution in [1.82, 2.24) is 9.62 Å². The van der Waals surface area contributed by atoms with Gasteiger partial charge in [0.05, 0.1) is 6.26 Å². The zero-order valence-electron chi connectivity index (χ0n) is 11.5. The summed E-state index contributed by atoms with van der Waals surface area (Å²) < 4.78 is 24.2. The minimum Gasteiger partial charge on any atom is -0.303 e. The van der Waals surface area contributed by atoms with Crippen molar-refractivity contribution < 1.29 is 8.42 Å². The van der Waals surface area contributed by atoms with Crippen LogP contribution < -0.4 is 4.72 Å². The summed E-state index contributed by atoms with van der Waals surface area (Å²) in [5.41, 5.74) is 1.19. The van der Waals surface area contributed by atoms with Gasteiger partial charge in [-0.3, -0.25) is 0 Å².